The molecule has 178 valence electrons. The molecule has 4 rings (SSSR count). The third kappa shape index (κ3) is 5.78. The molecule has 0 N–H and O–H groups in total. The van der Waals surface area contributed by atoms with Crippen LogP contribution in [0.5, 0.6) is 11.5 Å². The Morgan fingerprint density at radius 1 is 0.941 bits per heavy atom. The fraction of sp³-hybridized carbons (Fsp3) is 0.333. The fourth-order valence-electron chi connectivity index (χ4n) is 3.89. The van der Waals surface area contributed by atoms with Crippen LogP contribution in [0.25, 0.3) is 0 Å². The summed E-state index contributed by atoms with van der Waals surface area (Å²) in [6.45, 7) is 2.64. The molecule has 1 heterocycles. The van der Waals surface area contributed by atoms with E-state index in [9.17, 15) is 9.59 Å². The van der Waals surface area contributed by atoms with E-state index in [0.717, 1.165) is 24.2 Å². The third-order valence-corrected chi connectivity index (χ3v) is 5.86. The van der Waals surface area contributed by atoms with Crippen molar-refractivity contribution in [2.75, 3.05) is 20.8 Å². The van der Waals surface area contributed by atoms with Gasteiger partial charge in [-0.3, -0.25) is 9.59 Å². The summed E-state index contributed by atoms with van der Waals surface area (Å²) >= 11 is 0. The SMILES string of the molecule is COc1cc(OC)cc(C(=O)N(CC(=O)N(Cc2ccccc2)Cc2ccc(C)o2)C2CC2)c1. The first-order valence-corrected chi connectivity index (χ1v) is 11.4. The number of aryl methyl sites for hydroxylation is 1. The first kappa shape index (κ1) is 23.4. The van der Waals surface area contributed by atoms with Crippen LogP contribution in [0.1, 0.15) is 40.3 Å². The Kier molecular flexibility index (Phi) is 7.21. The van der Waals surface area contributed by atoms with Gasteiger partial charge in [0, 0.05) is 24.2 Å². The molecule has 1 saturated carbocycles. The average molecular weight is 463 g/mol. The predicted molar refractivity (Wildman–Crippen MR) is 128 cm³/mol. The number of nitrogens with zero attached hydrogens (tertiary/aromatic N) is 2. The number of hydrogen-bond donors (Lipinski definition) is 0. The molecule has 1 aromatic heterocycles. The van der Waals surface area contributed by atoms with Crippen molar-refractivity contribution in [2.45, 2.75) is 38.9 Å². The Morgan fingerprint density at radius 3 is 2.18 bits per heavy atom. The van der Waals surface area contributed by atoms with Crippen LogP contribution in [0.4, 0.5) is 0 Å². The smallest absolute Gasteiger partial charge is 0.254 e. The Hall–Kier alpha value is -3.74. The van der Waals surface area contributed by atoms with Crippen molar-refractivity contribution in [1.29, 1.82) is 0 Å². The lowest BCUT2D eigenvalue weighted by atomic mass is 10.1. The minimum Gasteiger partial charge on any atom is -0.497 e. The molecule has 7 heteroatoms. The van der Waals surface area contributed by atoms with E-state index in [1.54, 1.807) is 42.2 Å². The second-order valence-electron chi connectivity index (χ2n) is 8.51. The van der Waals surface area contributed by atoms with E-state index < -0.39 is 0 Å². The van der Waals surface area contributed by atoms with Crippen LogP contribution in [0.2, 0.25) is 0 Å². The second kappa shape index (κ2) is 10.5. The van der Waals surface area contributed by atoms with Crippen molar-refractivity contribution < 1.29 is 23.5 Å². The Morgan fingerprint density at radius 2 is 1.62 bits per heavy atom. The highest BCUT2D eigenvalue weighted by Crippen LogP contribution is 2.30. The highest BCUT2D eigenvalue weighted by atomic mass is 16.5. The summed E-state index contributed by atoms with van der Waals surface area (Å²) in [7, 11) is 3.09. The lowest BCUT2D eigenvalue weighted by Gasteiger charge is -2.27. The van der Waals surface area contributed by atoms with Gasteiger partial charge < -0.3 is 23.7 Å². The minimum atomic E-state index is -0.207. The van der Waals surface area contributed by atoms with Gasteiger partial charge in [-0.25, -0.2) is 0 Å². The van der Waals surface area contributed by atoms with Gasteiger partial charge >= 0.3 is 0 Å². The highest BCUT2D eigenvalue weighted by Gasteiger charge is 2.35. The number of hydrogen-bond acceptors (Lipinski definition) is 5. The number of rotatable bonds is 10. The van der Waals surface area contributed by atoms with Gasteiger partial charge in [0.15, 0.2) is 0 Å². The topological polar surface area (TPSA) is 72.2 Å². The number of amides is 2. The number of carbonyl (C=O) groups excluding carboxylic acids is 2. The summed E-state index contributed by atoms with van der Waals surface area (Å²) in [4.78, 5) is 30.4. The largest absolute Gasteiger partial charge is 0.497 e. The van der Waals surface area contributed by atoms with Crippen LogP contribution >= 0.6 is 0 Å². The van der Waals surface area contributed by atoms with E-state index in [-0.39, 0.29) is 24.4 Å². The second-order valence-corrected chi connectivity index (χ2v) is 8.51. The summed E-state index contributed by atoms with van der Waals surface area (Å²) in [5.74, 6) is 2.23. The predicted octanol–water partition coefficient (Wildman–Crippen LogP) is 4.44. The van der Waals surface area contributed by atoms with Gasteiger partial charge in [-0.15, -0.1) is 0 Å². The van der Waals surface area contributed by atoms with Crippen molar-refractivity contribution in [3.63, 3.8) is 0 Å². The minimum absolute atomic E-state index is 0.00442. The van der Waals surface area contributed by atoms with E-state index >= 15 is 0 Å². The molecule has 3 aromatic rings. The van der Waals surface area contributed by atoms with Gasteiger partial charge in [0.1, 0.15) is 29.6 Å². The molecule has 7 nitrogen and oxygen atoms in total. The molecule has 0 spiro atoms. The lowest BCUT2D eigenvalue weighted by Crippen LogP contribution is -2.43. The quantitative estimate of drug-likeness (QED) is 0.446. The van der Waals surface area contributed by atoms with Crippen LogP contribution < -0.4 is 9.47 Å². The monoisotopic (exact) mass is 462 g/mol. The normalized spacial score (nSPS) is 12.8. The summed E-state index contributed by atoms with van der Waals surface area (Å²) in [6.07, 6.45) is 1.77. The van der Waals surface area contributed by atoms with Gasteiger partial charge in [0.25, 0.3) is 5.91 Å². The van der Waals surface area contributed by atoms with Crippen molar-refractivity contribution in [3.8, 4) is 11.5 Å². The van der Waals surface area contributed by atoms with Gasteiger partial charge in [-0.1, -0.05) is 30.3 Å². The zero-order valence-electron chi connectivity index (χ0n) is 19.8. The summed E-state index contributed by atoms with van der Waals surface area (Å²) in [5.41, 5.74) is 1.45. The molecule has 34 heavy (non-hydrogen) atoms. The molecule has 0 radical (unpaired) electrons. The van der Waals surface area contributed by atoms with E-state index in [2.05, 4.69) is 0 Å². The number of carbonyl (C=O) groups is 2. The maximum Gasteiger partial charge on any atom is 0.254 e. The van der Waals surface area contributed by atoms with Crippen molar-refractivity contribution >= 4 is 11.8 Å². The molecule has 2 amide bonds. The molecule has 0 unspecified atom stereocenters. The van der Waals surface area contributed by atoms with Crippen LogP contribution in [0, 0.1) is 6.92 Å². The zero-order valence-corrected chi connectivity index (χ0v) is 19.8. The molecule has 1 aliphatic rings. The first-order chi connectivity index (χ1) is 16.5. The Bertz CT molecular complexity index is 1110. The van der Waals surface area contributed by atoms with E-state index in [4.69, 9.17) is 13.9 Å². The molecule has 0 atom stereocenters. The zero-order chi connectivity index (χ0) is 24.1. The molecular formula is C27H30N2O5. The standard InChI is InChI=1S/C27H30N2O5/c1-19-9-12-23(34-19)17-28(16-20-7-5-4-6-8-20)26(30)18-29(22-10-11-22)27(31)21-13-24(32-2)15-25(14-21)33-3/h4-9,12-15,22H,10-11,16-18H2,1-3H3. The van der Waals surface area contributed by atoms with Gasteiger partial charge in [0.2, 0.25) is 5.91 Å². The molecular weight excluding hydrogens is 432 g/mol. The molecule has 1 aliphatic carbocycles. The van der Waals surface area contributed by atoms with Crippen LogP contribution in [-0.4, -0.2) is 48.4 Å². The summed E-state index contributed by atoms with van der Waals surface area (Å²) in [5, 5.41) is 0. The van der Waals surface area contributed by atoms with E-state index in [1.807, 2.05) is 49.4 Å². The van der Waals surface area contributed by atoms with Crippen LogP contribution in [-0.2, 0) is 17.9 Å². The lowest BCUT2D eigenvalue weighted by molar-refractivity contribution is -0.133. The number of methoxy groups -OCH3 is 2. The third-order valence-electron chi connectivity index (χ3n) is 5.86. The van der Waals surface area contributed by atoms with Crippen LogP contribution in [0.15, 0.2) is 65.1 Å². The maximum atomic E-state index is 13.5. The Labute approximate surface area is 199 Å². The van der Waals surface area contributed by atoms with E-state index in [1.165, 1.54) is 0 Å². The average Bonchev–Trinajstić information content (AvgIpc) is 3.62. The first-order valence-electron chi connectivity index (χ1n) is 11.4. The molecule has 0 saturated heterocycles. The van der Waals surface area contributed by atoms with E-state index in [0.29, 0.717) is 35.9 Å². The molecule has 1 fully saturated rings. The number of benzene rings is 2. The number of ether oxygens (including phenoxy) is 2. The van der Waals surface area contributed by atoms with Gasteiger partial charge in [0.05, 0.1) is 20.8 Å². The number of furan rings is 1. The van der Waals surface area contributed by atoms with Crippen molar-refractivity contribution in [3.05, 3.63) is 83.3 Å². The maximum absolute atomic E-state index is 13.5. The molecule has 0 aliphatic heterocycles. The Balaban J connectivity index is 1.56. The van der Waals surface area contributed by atoms with Crippen molar-refractivity contribution in [2.24, 2.45) is 0 Å². The summed E-state index contributed by atoms with van der Waals surface area (Å²) in [6, 6.07) is 18.7. The summed E-state index contributed by atoms with van der Waals surface area (Å²) < 4.78 is 16.4. The van der Waals surface area contributed by atoms with Gasteiger partial charge in [-0.05, 0) is 49.6 Å². The molecule has 2 aromatic carbocycles. The molecule has 0 bridgehead atoms. The van der Waals surface area contributed by atoms with Crippen molar-refractivity contribution in [1.82, 2.24) is 9.80 Å². The van der Waals surface area contributed by atoms with Gasteiger partial charge in [-0.2, -0.15) is 0 Å². The fourth-order valence-corrected chi connectivity index (χ4v) is 3.89. The highest BCUT2D eigenvalue weighted by molar-refractivity contribution is 5.97. The van der Waals surface area contributed by atoms with Crippen LogP contribution in [0.3, 0.4) is 0 Å².